The van der Waals surface area contributed by atoms with E-state index in [9.17, 15) is 9.18 Å². The molecule has 2 aromatic rings. The van der Waals surface area contributed by atoms with Gasteiger partial charge in [-0.3, -0.25) is 14.7 Å². The van der Waals surface area contributed by atoms with Gasteiger partial charge in [-0.05, 0) is 36.1 Å². The fraction of sp³-hybridized carbons (Fsp3) is 0.444. The molecular weight excluding hydrogens is 293 g/mol. The second-order valence-corrected chi connectivity index (χ2v) is 6.55. The molecule has 23 heavy (non-hydrogen) atoms. The van der Waals surface area contributed by atoms with Crippen molar-refractivity contribution in [3.8, 4) is 0 Å². The largest absolute Gasteiger partial charge is 0.353 e. The van der Waals surface area contributed by atoms with Gasteiger partial charge in [-0.15, -0.1) is 0 Å². The first-order valence-electron chi connectivity index (χ1n) is 8.09. The highest BCUT2D eigenvalue weighted by atomic mass is 19.1. The smallest absolute Gasteiger partial charge is 0.237 e. The van der Waals surface area contributed by atoms with Gasteiger partial charge in [0, 0.05) is 31.2 Å². The van der Waals surface area contributed by atoms with Crippen molar-refractivity contribution in [1.82, 2.24) is 15.2 Å². The van der Waals surface area contributed by atoms with E-state index < -0.39 is 0 Å². The summed E-state index contributed by atoms with van der Waals surface area (Å²) in [5.41, 5.74) is 1.65. The molecule has 4 nitrogen and oxygen atoms in total. The zero-order valence-corrected chi connectivity index (χ0v) is 13.6. The van der Waals surface area contributed by atoms with Gasteiger partial charge < -0.3 is 5.32 Å². The standard InChI is InChI=1S/C18H22FN3O/c1-12(2)8-16-18(23)21-6-7-22(16)11-14-10-15(19)9-13-4-3-5-20-17(13)14/h3-5,9-10,12,16H,6-8,11H2,1-2H3,(H,21,23). The lowest BCUT2D eigenvalue weighted by Gasteiger charge is -2.36. The van der Waals surface area contributed by atoms with Crippen molar-refractivity contribution in [2.45, 2.75) is 32.9 Å². The number of carbonyl (C=O) groups is 1. The number of nitrogens with zero attached hydrogens (tertiary/aromatic N) is 2. The summed E-state index contributed by atoms with van der Waals surface area (Å²) >= 11 is 0. The molecule has 1 saturated heterocycles. The Morgan fingerprint density at radius 1 is 1.43 bits per heavy atom. The van der Waals surface area contributed by atoms with Crippen LogP contribution in [0.15, 0.2) is 30.5 Å². The van der Waals surface area contributed by atoms with Crippen LogP contribution >= 0.6 is 0 Å². The van der Waals surface area contributed by atoms with E-state index in [0.29, 0.717) is 19.0 Å². The summed E-state index contributed by atoms with van der Waals surface area (Å²) in [6.07, 6.45) is 2.52. The lowest BCUT2D eigenvalue weighted by Crippen LogP contribution is -2.55. The van der Waals surface area contributed by atoms with E-state index in [1.807, 2.05) is 12.1 Å². The first-order chi connectivity index (χ1) is 11.0. The van der Waals surface area contributed by atoms with Crippen LogP contribution in [0.1, 0.15) is 25.8 Å². The van der Waals surface area contributed by atoms with Gasteiger partial charge in [0.15, 0.2) is 0 Å². The van der Waals surface area contributed by atoms with Gasteiger partial charge >= 0.3 is 0 Å². The summed E-state index contributed by atoms with van der Waals surface area (Å²) in [4.78, 5) is 18.8. The fourth-order valence-electron chi connectivity index (χ4n) is 3.22. The Balaban J connectivity index is 1.92. The molecule has 1 aliphatic heterocycles. The Morgan fingerprint density at radius 2 is 2.26 bits per heavy atom. The van der Waals surface area contributed by atoms with Gasteiger partial charge in [0.05, 0.1) is 11.6 Å². The van der Waals surface area contributed by atoms with Gasteiger partial charge in [0.1, 0.15) is 5.82 Å². The first-order valence-corrected chi connectivity index (χ1v) is 8.09. The molecule has 1 aromatic carbocycles. The molecule has 0 spiro atoms. The number of rotatable bonds is 4. The number of piperazine rings is 1. The predicted octanol–water partition coefficient (Wildman–Crippen LogP) is 2.72. The number of fused-ring (bicyclic) bond motifs is 1. The summed E-state index contributed by atoms with van der Waals surface area (Å²) in [7, 11) is 0. The van der Waals surface area contributed by atoms with Crippen LogP contribution in [-0.4, -0.2) is 34.9 Å². The molecule has 2 heterocycles. The van der Waals surface area contributed by atoms with Crippen LogP contribution in [0.5, 0.6) is 0 Å². The summed E-state index contributed by atoms with van der Waals surface area (Å²) in [5.74, 6) is 0.231. The third kappa shape index (κ3) is 3.50. The number of amides is 1. The van der Waals surface area contributed by atoms with Crippen molar-refractivity contribution in [2.75, 3.05) is 13.1 Å². The van der Waals surface area contributed by atoms with E-state index in [2.05, 4.69) is 29.0 Å². The third-order valence-corrected chi connectivity index (χ3v) is 4.26. The van der Waals surface area contributed by atoms with Crippen molar-refractivity contribution >= 4 is 16.8 Å². The molecule has 1 atom stereocenters. The molecule has 1 aliphatic rings. The predicted molar refractivity (Wildman–Crippen MR) is 88.4 cm³/mol. The Kier molecular flexibility index (Phi) is 4.57. The van der Waals surface area contributed by atoms with Crippen molar-refractivity contribution < 1.29 is 9.18 Å². The van der Waals surface area contributed by atoms with E-state index >= 15 is 0 Å². The van der Waals surface area contributed by atoms with Crippen LogP contribution in [0.2, 0.25) is 0 Å². The first kappa shape index (κ1) is 15.9. The van der Waals surface area contributed by atoms with E-state index in [1.165, 1.54) is 12.1 Å². The molecule has 0 radical (unpaired) electrons. The lowest BCUT2D eigenvalue weighted by atomic mass is 9.99. The summed E-state index contributed by atoms with van der Waals surface area (Å²) < 4.78 is 13.9. The molecule has 122 valence electrons. The average molecular weight is 315 g/mol. The maximum Gasteiger partial charge on any atom is 0.237 e. The monoisotopic (exact) mass is 315 g/mol. The van der Waals surface area contributed by atoms with Crippen molar-refractivity contribution in [2.24, 2.45) is 5.92 Å². The van der Waals surface area contributed by atoms with Crippen LogP contribution in [0.3, 0.4) is 0 Å². The molecule has 1 fully saturated rings. The van der Waals surface area contributed by atoms with Crippen molar-refractivity contribution in [3.05, 3.63) is 41.8 Å². The van der Waals surface area contributed by atoms with Gasteiger partial charge in [0.25, 0.3) is 0 Å². The molecule has 0 saturated carbocycles. The summed E-state index contributed by atoms with van der Waals surface area (Å²) in [6.45, 7) is 6.16. The number of halogens is 1. The van der Waals surface area contributed by atoms with Gasteiger partial charge in [0.2, 0.25) is 5.91 Å². The Morgan fingerprint density at radius 3 is 3.04 bits per heavy atom. The van der Waals surface area contributed by atoms with Crippen molar-refractivity contribution in [3.63, 3.8) is 0 Å². The molecule has 1 amide bonds. The van der Waals surface area contributed by atoms with Crippen molar-refractivity contribution in [1.29, 1.82) is 0 Å². The van der Waals surface area contributed by atoms with Gasteiger partial charge in [-0.25, -0.2) is 4.39 Å². The van der Waals surface area contributed by atoms with E-state index in [0.717, 1.165) is 29.4 Å². The Hall–Kier alpha value is -2.01. The maximum atomic E-state index is 13.9. The van der Waals surface area contributed by atoms with E-state index in [1.54, 1.807) is 6.20 Å². The highest BCUT2D eigenvalue weighted by Gasteiger charge is 2.30. The zero-order chi connectivity index (χ0) is 16.4. The molecular formula is C18H22FN3O. The SMILES string of the molecule is CC(C)CC1C(=O)NCCN1Cc1cc(F)cc2cccnc12. The molecule has 3 rings (SSSR count). The Labute approximate surface area is 135 Å². The minimum atomic E-state index is -0.262. The molecule has 1 unspecified atom stereocenters. The lowest BCUT2D eigenvalue weighted by molar-refractivity contribution is -0.129. The number of benzene rings is 1. The highest BCUT2D eigenvalue weighted by molar-refractivity contribution is 5.83. The second kappa shape index (κ2) is 6.62. The van der Waals surface area contributed by atoms with Crippen LogP contribution in [0, 0.1) is 11.7 Å². The second-order valence-electron chi connectivity index (χ2n) is 6.55. The van der Waals surface area contributed by atoms with Crippen LogP contribution in [-0.2, 0) is 11.3 Å². The van der Waals surface area contributed by atoms with Gasteiger partial charge in [-0.1, -0.05) is 19.9 Å². The average Bonchev–Trinajstić information content (AvgIpc) is 2.50. The van der Waals surface area contributed by atoms with Crippen LogP contribution in [0.4, 0.5) is 4.39 Å². The van der Waals surface area contributed by atoms with Crippen LogP contribution in [0.25, 0.3) is 10.9 Å². The van der Waals surface area contributed by atoms with E-state index in [4.69, 9.17) is 0 Å². The topological polar surface area (TPSA) is 45.2 Å². The molecule has 5 heteroatoms. The number of nitrogens with one attached hydrogen (secondary N) is 1. The molecule has 0 bridgehead atoms. The molecule has 1 N–H and O–H groups in total. The molecule has 1 aromatic heterocycles. The van der Waals surface area contributed by atoms with Gasteiger partial charge in [-0.2, -0.15) is 0 Å². The number of carbonyl (C=O) groups excluding carboxylic acids is 1. The maximum absolute atomic E-state index is 13.9. The number of hydrogen-bond donors (Lipinski definition) is 1. The third-order valence-electron chi connectivity index (χ3n) is 4.26. The quantitative estimate of drug-likeness (QED) is 0.943. The zero-order valence-electron chi connectivity index (χ0n) is 13.6. The fourth-order valence-corrected chi connectivity index (χ4v) is 3.22. The minimum Gasteiger partial charge on any atom is -0.353 e. The van der Waals surface area contributed by atoms with Crippen LogP contribution < -0.4 is 5.32 Å². The summed E-state index contributed by atoms with van der Waals surface area (Å²) in [5, 5.41) is 3.73. The highest BCUT2D eigenvalue weighted by Crippen LogP contribution is 2.23. The van der Waals surface area contributed by atoms with E-state index in [-0.39, 0.29) is 17.8 Å². The minimum absolute atomic E-state index is 0.0682. The molecule has 0 aliphatic carbocycles. The number of aromatic nitrogens is 1. The number of pyridine rings is 1. The Bertz CT molecular complexity index is 716. The normalized spacial score (nSPS) is 19.3. The number of hydrogen-bond acceptors (Lipinski definition) is 3. The summed E-state index contributed by atoms with van der Waals surface area (Å²) in [6, 6.07) is 6.55.